The Bertz CT molecular complexity index is 977. The van der Waals surface area contributed by atoms with Crippen LogP contribution in [-0.2, 0) is 11.2 Å². The van der Waals surface area contributed by atoms with Crippen molar-refractivity contribution in [2.24, 2.45) is 5.92 Å². The smallest absolute Gasteiger partial charge is 0.245 e. The zero-order valence-electron chi connectivity index (χ0n) is 18.3. The molecular weight excluding hydrogens is 470 g/mol. The van der Waals surface area contributed by atoms with Gasteiger partial charge in [-0.2, -0.15) is 0 Å². The largest absolute Gasteiger partial charge is 0.357 e. The second-order valence-corrected chi connectivity index (χ2v) is 10.9. The molecule has 0 bridgehead atoms. The van der Waals surface area contributed by atoms with E-state index in [9.17, 15) is 4.79 Å². The molecule has 2 fully saturated rings. The lowest BCUT2D eigenvalue weighted by Crippen LogP contribution is -2.54. The molecule has 3 aliphatic rings. The third-order valence-electron chi connectivity index (χ3n) is 7.99. The highest BCUT2D eigenvalue weighted by Crippen LogP contribution is 2.45. The van der Waals surface area contributed by atoms with Gasteiger partial charge in [-0.1, -0.05) is 60.3 Å². The number of aromatic nitrogens is 1. The van der Waals surface area contributed by atoms with Crippen LogP contribution in [0.3, 0.4) is 0 Å². The number of nitrogens with zero attached hydrogens (tertiary/aromatic N) is 2. The number of hydrogen-bond donors (Lipinski definition) is 1. The van der Waals surface area contributed by atoms with E-state index >= 15 is 0 Å². The van der Waals surface area contributed by atoms with Crippen LogP contribution in [0, 0.1) is 5.92 Å². The van der Waals surface area contributed by atoms with E-state index in [-0.39, 0.29) is 24.0 Å². The van der Waals surface area contributed by atoms with Gasteiger partial charge in [-0.15, -0.1) is 0 Å². The van der Waals surface area contributed by atoms with Gasteiger partial charge in [0, 0.05) is 27.1 Å². The lowest BCUT2D eigenvalue weighted by molar-refractivity contribution is -0.135. The molecule has 6 heteroatoms. The minimum absolute atomic E-state index is 0.155. The molecule has 5 rings (SSSR count). The second kappa shape index (κ2) is 8.95. The molecule has 2 aromatic rings. The summed E-state index contributed by atoms with van der Waals surface area (Å²) >= 11 is 9.01. The molecule has 1 aromatic heterocycles. The van der Waals surface area contributed by atoms with Crippen molar-refractivity contribution >= 4 is 50.4 Å². The Balaban J connectivity index is 1.56. The molecule has 4 nitrogen and oxygen atoms in total. The van der Waals surface area contributed by atoms with Crippen molar-refractivity contribution in [1.29, 1.82) is 0 Å². The number of nitrogens with one attached hydrogen (secondary N) is 1. The van der Waals surface area contributed by atoms with Gasteiger partial charge in [0.15, 0.2) is 0 Å². The number of aromatic amines is 1. The Morgan fingerprint density at radius 3 is 2.58 bits per heavy atom. The number of rotatable bonds is 4. The fourth-order valence-corrected chi connectivity index (χ4v) is 7.04. The van der Waals surface area contributed by atoms with E-state index in [2.05, 4.69) is 51.1 Å². The zero-order chi connectivity index (χ0) is 21.5. The van der Waals surface area contributed by atoms with Crippen molar-refractivity contribution in [1.82, 2.24) is 14.8 Å². The van der Waals surface area contributed by atoms with Gasteiger partial charge in [-0.3, -0.25) is 9.69 Å². The Kier molecular flexibility index (Phi) is 6.24. The monoisotopic (exact) mass is 501 g/mol. The van der Waals surface area contributed by atoms with Crippen LogP contribution in [0.25, 0.3) is 10.9 Å². The first-order valence-electron chi connectivity index (χ1n) is 11.9. The van der Waals surface area contributed by atoms with Crippen molar-refractivity contribution in [2.75, 3.05) is 7.05 Å². The maximum absolute atomic E-state index is 13.9. The number of carbonyl (C=O) groups excluding carboxylic acids is 1. The number of thiocarbonyl (C=S) groups is 1. The molecule has 31 heavy (non-hydrogen) atoms. The fraction of sp³-hybridized carbons (Fsp3) is 0.600. The van der Waals surface area contributed by atoms with Gasteiger partial charge in [0.2, 0.25) is 5.91 Å². The number of hydrogen-bond acceptors (Lipinski definition) is 3. The predicted molar refractivity (Wildman–Crippen MR) is 133 cm³/mol. The summed E-state index contributed by atoms with van der Waals surface area (Å²) in [6.45, 7) is 0. The van der Waals surface area contributed by atoms with Crippen LogP contribution in [-0.4, -0.2) is 45.3 Å². The van der Waals surface area contributed by atoms with E-state index < -0.39 is 0 Å². The molecule has 0 spiro atoms. The second-order valence-electron chi connectivity index (χ2n) is 9.72. The molecule has 2 atom stereocenters. The highest BCUT2D eigenvalue weighted by Gasteiger charge is 2.43. The van der Waals surface area contributed by atoms with E-state index in [1.165, 1.54) is 67.1 Å². The maximum Gasteiger partial charge on any atom is 0.245 e. The van der Waals surface area contributed by atoms with E-state index in [4.69, 9.17) is 12.2 Å². The van der Waals surface area contributed by atoms with Crippen LogP contribution in [0.4, 0.5) is 0 Å². The highest BCUT2D eigenvalue weighted by molar-refractivity contribution is 9.10. The van der Waals surface area contributed by atoms with Crippen molar-refractivity contribution in [3.63, 3.8) is 0 Å². The SMILES string of the molecule is CN1C(C(=O)N(C=S)C2CCCC2)Cc2c([nH]c3ccc(Br)cc23)C1C1CCCCC1. The summed E-state index contributed by atoms with van der Waals surface area (Å²) in [5, 5.41) is 1.26. The molecule has 1 aliphatic heterocycles. The predicted octanol–water partition coefficient (Wildman–Crippen LogP) is 6.14. The van der Waals surface area contributed by atoms with Crippen LogP contribution in [0.15, 0.2) is 22.7 Å². The molecule has 0 radical (unpaired) electrons. The molecule has 1 amide bonds. The summed E-state index contributed by atoms with van der Waals surface area (Å²) in [5.74, 6) is 0.789. The quantitative estimate of drug-likeness (QED) is 0.511. The molecule has 0 saturated heterocycles. The number of halogens is 1. The van der Waals surface area contributed by atoms with Crippen LogP contribution >= 0.6 is 28.1 Å². The van der Waals surface area contributed by atoms with E-state index in [0.29, 0.717) is 5.92 Å². The van der Waals surface area contributed by atoms with Gasteiger partial charge in [-0.25, -0.2) is 0 Å². The number of carbonyl (C=O) groups is 1. The molecule has 2 heterocycles. The van der Waals surface area contributed by atoms with Gasteiger partial charge in [-0.05, 0) is 68.8 Å². The van der Waals surface area contributed by atoms with Crippen LogP contribution < -0.4 is 0 Å². The Morgan fingerprint density at radius 1 is 1.16 bits per heavy atom. The molecule has 1 N–H and O–H groups in total. The normalized spacial score (nSPS) is 25.6. The van der Waals surface area contributed by atoms with Gasteiger partial charge in [0.05, 0.1) is 17.6 Å². The Hall–Kier alpha value is -1.24. The first-order valence-corrected chi connectivity index (χ1v) is 13.1. The summed E-state index contributed by atoms with van der Waals surface area (Å²) in [4.78, 5) is 21.9. The Labute approximate surface area is 198 Å². The summed E-state index contributed by atoms with van der Waals surface area (Å²) in [6, 6.07) is 6.86. The van der Waals surface area contributed by atoms with Crippen molar-refractivity contribution < 1.29 is 4.79 Å². The van der Waals surface area contributed by atoms with Gasteiger partial charge in [0.1, 0.15) is 0 Å². The third kappa shape index (κ3) is 3.89. The molecule has 2 saturated carbocycles. The first-order chi connectivity index (χ1) is 15.1. The topological polar surface area (TPSA) is 39.3 Å². The lowest BCUT2D eigenvalue weighted by Gasteiger charge is -2.45. The summed E-state index contributed by atoms with van der Waals surface area (Å²) in [6.07, 6.45) is 11.7. The molecular formula is C25H32BrN3OS. The minimum atomic E-state index is -0.155. The molecule has 2 aliphatic carbocycles. The van der Waals surface area contributed by atoms with E-state index in [1.807, 2.05) is 4.90 Å². The fourth-order valence-electron chi connectivity index (χ4n) is 6.40. The summed E-state index contributed by atoms with van der Waals surface area (Å²) < 4.78 is 1.09. The average molecular weight is 503 g/mol. The zero-order valence-corrected chi connectivity index (χ0v) is 20.7. The van der Waals surface area contributed by atoms with Crippen molar-refractivity contribution in [3.05, 3.63) is 33.9 Å². The van der Waals surface area contributed by atoms with E-state index in [0.717, 1.165) is 23.7 Å². The van der Waals surface area contributed by atoms with Crippen LogP contribution in [0.5, 0.6) is 0 Å². The minimum Gasteiger partial charge on any atom is -0.357 e. The summed E-state index contributed by atoms with van der Waals surface area (Å²) in [5.41, 5.74) is 5.47. The molecule has 166 valence electrons. The van der Waals surface area contributed by atoms with Crippen LogP contribution in [0.2, 0.25) is 0 Å². The average Bonchev–Trinajstić information content (AvgIpc) is 3.42. The molecule has 2 unspecified atom stereocenters. The lowest BCUT2D eigenvalue weighted by atomic mass is 9.78. The number of amides is 1. The number of likely N-dealkylation sites (N-methyl/N-ethyl adjacent to an activating group) is 1. The van der Waals surface area contributed by atoms with Gasteiger partial charge in [0.25, 0.3) is 0 Å². The Morgan fingerprint density at radius 2 is 1.87 bits per heavy atom. The highest BCUT2D eigenvalue weighted by atomic mass is 79.9. The van der Waals surface area contributed by atoms with Crippen molar-refractivity contribution in [3.8, 4) is 0 Å². The first kappa shape index (κ1) is 21.6. The summed E-state index contributed by atoms with van der Waals surface area (Å²) in [7, 11) is 2.17. The van der Waals surface area contributed by atoms with Gasteiger partial charge < -0.3 is 9.88 Å². The number of benzene rings is 1. The standard InChI is InChI=1S/C25H32BrN3OS/c1-28-22(25(30)29(15-31)18-9-5-6-10-18)14-20-19-13-17(26)11-12-21(19)27-23(20)24(28)16-7-3-2-4-8-16/h11-13,15-16,18,22,24,27H,2-10,14H2,1H3. The maximum atomic E-state index is 13.9. The van der Waals surface area contributed by atoms with E-state index in [1.54, 1.807) is 5.49 Å². The third-order valence-corrected chi connectivity index (χ3v) is 8.71. The van der Waals surface area contributed by atoms with Gasteiger partial charge >= 0.3 is 0 Å². The van der Waals surface area contributed by atoms with Crippen LogP contribution in [0.1, 0.15) is 75.1 Å². The number of fused-ring (bicyclic) bond motifs is 3. The number of H-pyrrole nitrogens is 1. The molecule has 1 aromatic carbocycles. The van der Waals surface area contributed by atoms with Crippen molar-refractivity contribution in [2.45, 2.75) is 82.3 Å².